The molecule has 100 valence electrons. The van der Waals surface area contributed by atoms with Crippen LogP contribution in [0.5, 0.6) is 11.5 Å². The summed E-state index contributed by atoms with van der Waals surface area (Å²) in [6, 6.07) is 8.92. The van der Waals surface area contributed by atoms with Crippen LogP contribution < -0.4 is 4.74 Å². The van der Waals surface area contributed by atoms with Crippen molar-refractivity contribution >= 4 is 17.3 Å². The van der Waals surface area contributed by atoms with Crippen molar-refractivity contribution in [3.8, 4) is 17.6 Å². The number of rotatable bonds is 3. The largest absolute Gasteiger partial charge is 0.449 e. The van der Waals surface area contributed by atoms with E-state index in [4.69, 9.17) is 21.6 Å². The van der Waals surface area contributed by atoms with Crippen LogP contribution in [0.1, 0.15) is 5.56 Å². The number of nitro groups is 1. The van der Waals surface area contributed by atoms with Gasteiger partial charge < -0.3 is 4.74 Å². The quantitative estimate of drug-likeness (QED) is 0.631. The Hall–Kier alpha value is -2.65. The van der Waals surface area contributed by atoms with E-state index in [2.05, 4.69) is 0 Å². The van der Waals surface area contributed by atoms with Crippen molar-refractivity contribution in [2.45, 2.75) is 0 Å². The molecule has 0 N–H and O–H groups in total. The van der Waals surface area contributed by atoms with Crippen molar-refractivity contribution in [3.63, 3.8) is 0 Å². The molecule has 0 aliphatic rings. The summed E-state index contributed by atoms with van der Waals surface area (Å²) in [7, 11) is 0. The van der Waals surface area contributed by atoms with E-state index in [1.807, 2.05) is 0 Å². The van der Waals surface area contributed by atoms with E-state index < -0.39 is 10.7 Å². The molecular formula is C13H6ClFN2O3. The maximum absolute atomic E-state index is 13.0. The van der Waals surface area contributed by atoms with Crippen molar-refractivity contribution in [3.05, 3.63) is 62.9 Å². The summed E-state index contributed by atoms with van der Waals surface area (Å²) < 4.78 is 18.3. The third-order valence-corrected chi connectivity index (χ3v) is 2.63. The lowest BCUT2D eigenvalue weighted by molar-refractivity contribution is -0.385. The molecule has 7 heteroatoms. The van der Waals surface area contributed by atoms with Gasteiger partial charge in [0.25, 0.3) is 0 Å². The maximum atomic E-state index is 13.0. The number of hydrogen-bond donors (Lipinski definition) is 0. The third kappa shape index (κ3) is 2.84. The summed E-state index contributed by atoms with van der Waals surface area (Å²) >= 11 is 5.68. The molecule has 0 aromatic heterocycles. The van der Waals surface area contributed by atoms with Gasteiger partial charge in [0.05, 0.1) is 10.5 Å². The van der Waals surface area contributed by atoms with E-state index >= 15 is 0 Å². The molecule has 0 bridgehead atoms. The highest BCUT2D eigenvalue weighted by molar-refractivity contribution is 6.30. The summed E-state index contributed by atoms with van der Waals surface area (Å²) in [5, 5.41) is 20.0. The molecule has 0 fully saturated rings. The summed E-state index contributed by atoms with van der Waals surface area (Å²) in [6.07, 6.45) is 0. The van der Waals surface area contributed by atoms with Gasteiger partial charge >= 0.3 is 5.69 Å². The van der Waals surface area contributed by atoms with Crippen molar-refractivity contribution in [1.82, 2.24) is 0 Å². The van der Waals surface area contributed by atoms with Crippen LogP contribution in [0.25, 0.3) is 0 Å². The van der Waals surface area contributed by atoms with Gasteiger partial charge in [-0.2, -0.15) is 5.26 Å². The first kappa shape index (κ1) is 13.8. The molecule has 2 aromatic carbocycles. The second-order valence-corrected chi connectivity index (χ2v) is 4.16. The van der Waals surface area contributed by atoms with Crippen LogP contribution >= 0.6 is 11.6 Å². The van der Waals surface area contributed by atoms with Crippen LogP contribution in [-0.4, -0.2) is 4.92 Å². The number of nitrogens with zero attached hydrogens (tertiary/aromatic N) is 2. The van der Waals surface area contributed by atoms with Gasteiger partial charge in [0, 0.05) is 11.1 Å². The molecule has 0 atom stereocenters. The van der Waals surface area contributed by atoms with Gasteiger partial charge in [0.15, 0.2) is 0 Å². The normalized spacial score (nSPS) is 9.85. The highest BCUT2D eigenvalue weighted by Gasteiger charge is 2.17. The standard InChI is InChI=1S/C13H6ClFN2O3/c14-9-1-3-13(11(6-9)17(18)19)20-12-4-2-10(15)5-8(12)7-16/h1-6H. The number of nitriles is 1. The first-order valence-electron chi connectivity index (χ1n) is 5.32. The van der Waals surface area contributed by atoms with Gasteiger partial charge in [0.2, 0.25) is 5.75 Å². The Balaban J connectivity index is 2.45. The molecule has 0 heterocycles. The monoisotopic (exact) mass is 292 g/mol. The fourth-order valence-corrected chi connectivity index (χ4v) is 1.68. The number of benzene rings is 2. The Morgan fingerprint density at radius 3 is 2.60 bits per heavy atom. The van der Waals surface area contributed by atoms with Gasteiger partial charge in [-0.25, -0.2) is 4.39 Å². The SMILES string of the molecule is N#Cc1cc(F)ccc1Oc1ccc(Cl)cc1[N+](=O)[O-]. The summed E-state index contributed by atoms with van der Waals surface area (Å²) in [5.41, 5.74) is -0.403. The van der Waals surface area contributed by atoms with E-state index in [1.54, 1.807) is 6.07 Å². The zero-order valence-electron chi connectivity index (χ0n) is 9.84. The summed E-state index contributed by atoms with van der Waals surface area (Å²) in [4.78, 5) is 10.3. The van der Waals surface area contributed by atoms with Crippen LogP contribution in [0.3, 0.4) is 0 Å². The lowest BCUT2D eigenvalue weighted by Gasteiger charge is -2.08. The van der Waals surface area contributed by atoms with Gasteiger partial charge in [-0.15, -0.1) is 0 Å². The minimum Gasteiger partial charge on any atom is -0.449 e. The molecule has 5 nitrogen and oxygen atoms in total. The Kier molecular flexibility index (Phi) is 3.82. The fraction of sp³-hybridized carbons (Fsp3) is 0. The number of nitro benzene ring substituents is 1. The molecule has 20 heavy (non-hydrogen) atoms. The molecule has 0 saturated heterocycles. The minimum absolute atomic E-state index is 0.0272. The highest BCUT2D eigenvalue weighted by Crippen LogP contribution is 2.34. The van der Waals surface area contributed by atoms with E-state index in [0.29, 0.717) is 0 Å². The molecular weight excluding hydrogens is 287 g/mol. The van der Waals surface area contributed by atoms with Gasteiger partial charge in [-0.3, -0.25) is 10.1 Å². The zero-order valence-corrected chi connectivity index (χ0v) is 10.6. The maximum Gasteiger partial charge on any atom is 0.313 e. The van der Waals surface area contributed by atoms with Gasteiger partial charge in [0.1, 0.15) is 17.6 Å². The van der Waals surface area contributed by atoms with Crippen LogP contribution in [0.4, 0.5) is 10.1 Å². The average molecular weight is 293 g/mol. The minimum atomic E-state index is -0.656. The lowest BCUT2D eigenvalue weighted by atomic mass is 10.2. The molecule has 0 spiro atoms. The van der Waals surface area contributed by atoms with E-state index in [0.717, 1.165) is 18.2 Å². The van der Waals surface area contributed by atoms with Crippen molar-refractivity contribution in [2.75, 3.05) is 0 Å². The van der Waals surface area contributed by atoms with Crippen LogP contribution in [0, 0.1) is 27.3 Å². The zero-order chi connectivity index (χ0) is 14.7. The molecule has 0 aliphatic carbocycles. The van der Waals surface area contributed by atoms with Crippen molar-refractivity contribution < 1.29 is 14.1 Å². The predicted molar refractivity (Wildman–Crippen MR) is 69.3 cm³/mol. The average Bonchev–Trinajstić information content (AvgIpc) is 2.42. The number of ether oxygens (including phenoxy) is 1. The summed E-state index contributed by atoms with van der Waals surface area (Å²) in [6.45, 7) is 0. The molecule has 0 saturated carbocycles. The summed E-state index contributed by atoms with van der Waals surface area (Å²) in [5.74, 6) is -0.652. The molecule has 0 radical (unpaired) electrons. The first-order valence-corrected chi connectivity index (χ1v) is 5.70. The van der Waals surface area contributed by atoms with E-state index in [-0.39, 0.29) is 27.8 Å². The molecule has 0 unspecified atom stereocenters. The Bertz CT molecular complexity index is 728. The molecule has 0 aliphatic heterocycles. The van der Waals surface area contributed by atoms with E-state index in [9.17, 15) is 14.5 Å². The topological polar surface area (TPSA) is 76.2 Å². The molecule has 2 rings (SSSR count). The molecule has 0 amide bonds. The fourth-order valence-electron chi connectivity index (χ4n) is 1.52. The second kappa shape index (κ2) is 5.55. The Morgan fingerprint density at radius 1 is 1.25 bits per heavy atom. The van der Waals surface area contributed by atoms with Gasteiger partial charge in [-0.1, -0.05) is 11.6 Å². The Morgan fingerprint density at radius 2 is 1.95 bits per heavy atom. The first-order chi connectivity index (χ1) is 9.51. The Labute approximate surface area is 117 Å². The molecule has 2 aromatic rings. The predicted octanol–water partition coefficient (Wildman–Crippen LogP) is 4.05. The highest BCUT2D eigenvalue weighted by atomic mass is 35.5. The van der Waals surface area contributed by atoms with Crippen molar-refractivity contribution in [1.29, 1.82) is 5.26 Å². The van der Waals surface area contributed by atoms with E-state index in [1.165, 1.54) is 18.2 Å². The smallest absolute Gasteiger partial charge is 0.313 e. The van der Waals surface area contributed by atoms with Crippen molar-refractivity contribution in [2.24, 2.45) is 0 Å². The van der Waals surface area contributed by atoms with Crippen LogP contribution in [0.15, 0.2) is 36.4 Å². The van der Waals surface area contributed by atoms with Crippen LogP contribution in [0.2, 0.25) is 5.02 Å². The van der Waals surface area contributed by atoms with Crippen LogP contribution in [-0.2, 0) is 0 Å². The third-order valence-electron chi connectivity index (χ3n) is 2.40. The number of hydrogen-bond acceptors (Lipinski definition) is 4. The van der Waals surface area contributed by atoms with Gasteiger partial charge in [-0.05, 0) is 30.3 Å². The number of halogens is 2. The second-order valence-electron chi connectivity index (χ2n) is 3.72. The lowest BCUT2D eigenvalue weighted by Crippen LogP contribution is -1.95.